The molecular formula is C22H32N6O2. The molecule has 1 N–H and O–H groups in total. The lowest BCUT2D eigenvalue weighted by Crippen LogP contribution is -2.42. The Kier molecular flexibility index (Phi) is 5.42. The third kappa shape index (κ3) is 4.00. The third-order valence-corrected chi connectivity index (χ3v) is 6.09. The molecule has 2 saturated heterocycles. The number of piperidine rings is 1. The van der Waals surface area contributed by atoms with Gasteiger partial charge in [-0.15, -0.1) is 0 Å². The Bertz CT molecular complexity index is 939. The number of fused-ring (bicyclic) bond motifs is 1. The Hall–Kier alpha value is -2.64. The second-order valence-electron chi connectivity index (χ2n) is 9.46. The van der Waals surface area contributed by atoms with Crippen LogP contribution in [0.25, 0.3) is 5.65 Å². The SMILES string of the molecule is CCN1C[C@@H](C(=O)N2CCC(c3nc4cnccn4c3NC(C)(C)C)CC2)CC1=O. The van der Waals surface area contributed by atoms with Gasteiger partial charge in [0, 0.05) is 56.5 Å². The fraction of sp³-hybridized carbons (Fsp3) is 0.636. The van der Waals surface area contributed by atoms with Crippen LogP contribution < -0.4 is 5.32 Å². The van der Waals surface area contributed by atoms with Crippen molar-refractivity contribution in [2.45, 2.75) is 58.4 Å². The molecule has 8 heteroatoms. The van der Waals surface area contributed by atoms with E-state index >= 15 is 0 Å². The first kappa shape index (κ1) is 20.6. The highest BCUT2D eigenvalue weighted by Crippen LogP contribution is 2.35. The zero-order valence-corrected chi connectivity index (χ0v) is 18.4. The third-order valence-electron chi connectivity index (χ3n) is 6.09. The van der Waals surface area contributed by atoms with Gasteiger partial charge in [-0.1, -0.05) is 0 Å². The maximum absolute atomic E-state index is 13.0. The molecule has 2 aliphatic rings. The van der Waals surface area contributed by atoms with E-state index in [1.54, 1.807) is 17.3 Å². The van der Waals surface area contributed by atoms with Gasteiger partial charge in [0.25, 0.3) is 0 Å². The van der Waals surface area contributed by atoms with E-state index in [9.17, 15) is 9.59 Å². The molecular weight excluding hydrogens is 380 g/mol. The number of likely N-dealkylation sites (tertiary alicyclic amines) is 2. The molecule has 0 aromatic carbocycles. The molecule has 8 nitrogen and oxygen atoms in total. The van der Waals surface area contributed by atoms with Crippen molar-refractivity contribution >= 4 is 23.3 Å². The van der Waals surface area contributed by atoms with E-state index in [0.29, 0.717) is 32.6 Å². The molecule has 2 aromatic heterocycles. The van der Waals surface area contributed by atoms with E-state index in [0.717, 1.165) is 30.0 Å². The Morgan fingerprint density at radius 3 is 2.63 bits per heavy atom. The molecule has 0 saturated carbocycles. The van der Waals surface area contributed by atoms with Crippen LogP contribution in [0, 0.1) is 5.92 Å². The van der Waals surface area contributed by atoms with Crippen molar-refractivity contribution in [3.63, 3.8) is 0 Å². The molecule has 4 heterocycles. The van der Waals surface area contributed by atoms with Crippen molar-refractivity contribution in [1.29, 1.82) is 0 Å². The molecule has 2 aliphatic heterocycles. The lowest BCUT2D eigenvalue weighted by Gasteiger charge is -2.33. The average Bonchev–Trinajstić information content (AvgIpc) is 3.27. The van der Waals surface area contributed by atoms with Gasteiger partial charge in [0.15, 0.2) is 5.65 Å². The van der Waals surface area contributed by atoms with Gasteiger partial charge in [0.2, 0.25) is 11.8 Å². The fourth-order valence-electron chi connectivity index (χ4n) is 4.56. The Labute approximate surface area is 177 Å². The zero-order valence-electron chi connectivity index (χ0n) is 18.4. The van der Waals surface area contributed by atoms with Crippen molar-refractivity contribution in [3.8, 4) is 0 Å². The molecule has 0 spiro atoms. The van der Waals surface area contributed by atoms with Gasteiger partial charge >= 0.3 is 0 Å². The molecule has 4 rings (SSSR count). The minimum Gasteiger partial charge on any atom is -0.365 e. The molecule has 2 fully saturated rings. The Morgan fingerprint density at radius 2 is 2.00 bits per heavy atom. The highest BCUT2D eigenvalue weighted by Gasteiger charge is 2.37. The molecule has 2 aromatic rings. The summed E-state index contributed by atoms with van der Waals surface area (Å²) in [5.41, 5.74) is 1.80. The van der Waals surface area contributed by atoms with E-state index < -0.39 is 0 Å². The summed E-state index contributed by atoms with van der Waals surface area (Å²) in [7, 11) is 0. The summed E-state index contributed by atoms with van der Waals surface area (Å²) in [5.74, 6) is 1.35. The number of anilines is 1. The lowest BCUT2D eigenvalue weighted by molar-refractivity contribution is -0.136. The number of nitrogens with zero attached hydrogens (tertiary/aromatic N) is 5. The van der Waals surface area contributed by atoms with Crippen molar-refractivity contribution in [2.75, 3.05) is 31.5 Å². The molecule has 0 aliphatic carbocycles. The van der Waals surface area contributed by atoms with Crippen LogP contribution in [0.5, 0.6) is 0 Å². The molecule has 2 amide bonds. The summed E-state index contributed by atoms with van der Waals surface area (Å²) in [6, 6.07) is 0. The summed E-state index contributed by atoms with van der Waals surface area (Å²) in [6.07, 6.45) is 7.60. The molecule has 30 heavy (non-hydrogen) atoms. The van der Waals surface area contributed by atoms with E-state index in [4.69, 9.17) is 4.98 Å². The maximum Gasteiger partial charge on any atom is 0.227 e. The zero-order chi connectivity index (χ0) is 21.5. The van der Waals surface area contributed by atoms with Gasteiger partial charge in [-0.3, -0.25) is 19.0 Å². The normalized spacial score (nSPS) is 20.9. The minimum atomic E-state index is -0.187. The first-order chi connectivity index (χ1) is 14.3. The molecule has 1 atom stereocenters. The number of hydrogen-bond acceptors (Lipinski definition) is 5. The maximum atomic E-state index is 13.0. The quantitative estimate of drug-likeness (QED) is 0.834. The molecule has 162 valence electrons. The highest BCUT2D eigenvalue weighted by atomic mass is 16.2. The predicted octanol–water partition coefficient (Wildman–Crippen LogP) is 2.51. The van der Waals surface area contributed by atoms with Crippen LogP contribution in [-0.4, -0.2) is 67.7 Å². The monoisotopic (exact) mass is 412 g/mol. The molecule has 0 radical (unpaired) electrons. The van der Waals surface area contributed by atoms with Crippen LogP contribution in [0.4, 0.5) is 5.82 Å². The number of rotatable bonds is 4. The van der Waals surface area contributed by atoms with Crippen molar-refractivity contribution in [2.24, 2.45) is 5.92 Å². The predicted molar refractivity (Wildman–Crippen MR) is 115 cm³/mol. The summed E-state index contributed by atoms with van der Waals surface area (Å²) in [4.78, 5) is 37.8. The van der Waals surface area contributed by atoms with Gasteiger partial charge in [0.05, 0.1) is 17.8 Å². The van der Waals surface area contributed by atoms with Crippen molar-refractivity contribution in [3.05, 3.63) is 24.3 Å². The van der Waals surface area contributed by atoms with Gasteiger partial charge < -0.3 is 15.1 Å². The van der Waals surface area contributed by atoms with Gasteiger partial charge in [0.1, 0.15) is 5.82 Å². The van der Waals surface area contributed by atoms with Gasteiger partial charge in [-0.05, 0) is 40.5 Å². The topological polar surface area (TPSA) is 82.8 Å². The van der Waals surface area contributed by atoms with Gasteiger partial charge in [-0.2, -0.15) is 0 Å². The van der Waals surface area contributed by atoms with E-state index in [2.05, 4.69) is 35.5 Å². The Morgan fingerprint density at radius 1 is 1.27 bits per heavy atom. The molecule has 0 unspecified atom stereocenters. The number of hydrogen-bond donors (Lipinski definition) is 1. The van der Waals surface area contributed by atoms with Crippen LogP contribution >= 0.6 is 0 Å². The smallest absolute Gasteiger partial charge is 0.227 e. The van der Waals surface area contributed by atoms with E-state index in [-0.39, 0.29) is 29.2 Å². The van der Waals surface area contributed by atoms with Gasteiger partial charge in [-0.25, -0.2) is 4.98 Å². The van der Waals surface area contributed by atoms with E-state index in [1.807, 2.05) is 18.0 Å². The second kappa shape index (κ2) is 7.89. The van der Waals surface area contributed by atoms with Crippen LogP contribution in [0.3, 0.4) is 0 Å². The highest BCUT2D eigenvalue weighted by molar-refractivity contribution is 5.89. The van der Waals surface area contributed by atoms with Crippen molar-refractivity contribution in [1.82, 2.24) is 24.2 Å². The average molecular weight is 413 g/mol. The summed E-state index contributed by atoms with van der Waals surface area (Å²) in [5, 5.41) is 3.61. The number of aromatic nitrogens is 3. The fourth-order valence-corrected chi connectivity index (χ4v) is 4.56. The Balaban J connectivity index is 1.48. The molecule has 0 bridgehead atoms. The first-order valence-electron chi connectivity index (χ1n) is 10.9. The second-order valence-corrected chi connectivity index (χ2v) is 9.46. The summed E-state index contributed by atoms with van der Waals surface area (Å²) < 4.78 is 2.06. The number of nitrogens with one attached hydrogen (secondary N) is 1. The first-order valence-corrected chi connectivity index (χ1v) is 10.9. The summed E-state index contributed by atoms with van der Waals surface area (Å²) in [6.45, 7) is 11.0. The largest absolute Gasteiger partial charge is 0.365 e. The minimum absolute atomic E-state index is 0.0924. The number of carbonyl (C=O) groups excluding carboxylic acids is 2. The van der Waals surface area contributed by atoms with Crippen LogP contribution in [-0.2, 0) is 9.59 Å². The van der Waals surface area contributed by atoms with Crippen LogP contribution in [0.1, 0.15) is 58.6 Å². The lowest BCUT2D eigenvalue weighted by atomic mass is 9.92. The van der Waals surface area contributed by atoms with Crippen LogP contribution in [0.2, 0.25) is 0 Å². The number of imidazole rings is 1. The van der Waals surface area contributed by atoms with E-state index in [1.165, 1.54) is 0 Å². The standard InChI is InChI=1S/C22H32N6O2/c1-5-26-14-16(12-18(26)29)21(30)27-9-6-15(7-10-27)19-20(25-22(2,3)4)28-11-8-23-13-17(28)24-19/h8,11,13,15-16,25H,5-7,9-10,12,14H2,1-4H3/t16-/m0/s1. The number of carbonyl (C=O) groups is 2. The summed E-state index contributed by atoms with van der Waals surface area (Å²) >= 11 is 0. The van der Waals surface area contributed by atoms with Crippen LogP contribution in [0.15, 0.2) is 18.6 Å². The van der Waals surface area contributed by atoms with Crippen molar-refractivity contribution < 1.29 is 9.59 Å². The number of amides is 2.